The standard InChI is InChI=1S/C8H16O3/c1-6(7(2)10-3)5-8(9)11-4/h6-7H,5H2,1-4H3/t6-,7?/m1/s1. The Morgan fingerprint density at radius 1 is 1.36 bits per heavy atom. The summed E-state index contributed by atoms with van der Waals surface area (Å²) in [5, 5.41) is 0. The first-order chi connectivity index (χ1) is 5.11. The number of hydrogen-bond donors (Lipinski definition) is 0. The lowest BCUT2D eigenvalue weighted by molar-refractivity contribution is -0.142. The van der Waals surface area contributed by atoms with Crippen LogP contribution in [0.3, 0.4) is 0 Å². The normalized spacial score (nSPS) is 15.6. The van der Waals surface area contributed by atoms with Gasteiger partial charge in [-0.25, -0.2) is 0 Å². The largest absolute Gasteiger partial charge is 0.469 e. The molecule has 0 radical (unpaired) electrons. The Hall–Kier alpha value is -0.570. The average Bonchev–Trinajstić information content (AvgIpc) is 2.02. The summed E-state index contributed by atoms with van der Waals surface area (Å²) in [4.78, 5) is 10.8. The molecule has 0 fully saturated rings. The molecule has 0 aliphatic heterocycles. The van der Waals surface area contributed by atoms with Crippen LogP contribution in [-0.2, 0) is 14.3 Å². The Labute approximate surface area is 67.7 Å². The van der Waals surface area contributed by atoms with E-state index in [0.29, 0.717) is 6.42 Å². The van der Waals surface area contributed by atoms with Gasteiger partial charge in [0, 0.05) is 7.11 Å². The molecule has 0 aliphatic rings. The van der Waals surface area contributed by atoms with Crippen LogP contribution >= 0.6 is 0 Å². The van der Waals surface area contributed by atoms with Crippen LogP contribution in [-0.4, -0.2) is 26.3 Å². The maximum atomic E-state index is 10.8. The van der Waals surface area contributed by atoms with Gasteiger partial charge in [0.15, 0.2) is 0 Å². The molecule has 0 rings (SSSR count). The fourth-order valence-electron chi connectivity index (χ4n) is 0.744. The fraction of sp³-hybridized carbons (Fsp3) is 0.875. The maximum absolute atomic E-state index is 10.8. The number of rotatable bonds is 4. The van der Waals surface area contributed by atoms with Crippen LogP contribution in [0.15, 0.2) is 0 Å². The molecule has 0 aromatic carbocycles. The van der Waals surface area contributed by atoms with E-state index in [0.717, 1.165) is 0 Å². The van der Waals surface area contributed by atoms with Crippen molar-refractivity contribution < 1.29 is 14.3 Å². The minimum atomic E-state index is -0.179. The van der Waals surface area contributed by atoms with Crippen LogP contribution in [0.2, 0.25) is 0 Å². The lowest BCUT2D eigenvalue weighted by atomic mass is 10.0. The number of esters is 1. The molecule has 3 nitrogen and oxygen atoms in total. The second-order valence-corrected chi connectivity index (χ2v) is 2.70. The predicted molar refractivity (Wildman–Crippen MR) is 42.3 cm³/mol. The van der Waals surface area contributed by atoms with Crippen molar-refractivity contribution in [3.8, 4) is 0 Å². The third-order valence-electron chi connectivity index (χ3n) is 1.89. The highest BCUT2D eigenvalue weighted by Crippen LogP contribution is 2.10. The van der Waals surface area contributed by atoms with Gasteiger partial charge in [-0.15, -0.1) is 0 Å². The molecule has 0 aromatic rings. The maximum Gasteiger partial charge on any atom is 0.305 e. The summed E-state index contributed by atoms with van der Waals surface area (Å²) >= 11 is 0. The first kappa shape index (κ1) is 10.4. The molecule has 0 bridgehead atoms. The van der Waals surface area contributed by atoms with Gasteiger partial charge in [0.25, 0.3) is 0 Å². The molecule has 0 N–H and O–H groups in total. The van der Waals surface area contributed by atoms with Gasteiger partial charge >= 0.3 is 5.97 Å². The summed E-state index contributed by atoms with van der Waals surface area (Å²) in [6.45, 7) is 3.90. The van der Waals surface area contributed by atoms with E-state index in [1.165, 1.54) is 7.11 Å². The molecule has 0 saturated heterocycles. The third kappa shape index (κ3) is 3.98. The predicted octanol–water partition coefficient (Wildman–Crippen LogP) is 1.22. The van der Waals surface area contributed by atoms with Crippen molar-refractivity contribution >= 4 is 5.97 Å². The van der Waals surface area contributed by atoms with E-state index in [9.17, 15) is 4.79 Å². The Morgan fingerprint density at radius 2 is 1.91 bits per heavy atom. The summed E-state index contributed by atoms with van der Waals surface area (Å²) in [6, 6.07) is 0. The lowest BCUT2D eigenvalue weighted by Crippen LogP contribution is -2.20. The third-order valence-corrected chi connectivity index (χ3v) is 1.89. The minimum absolute atomic E-state index is 0.106. The van der Waals surface area contributed by atoms with E-state index >= 15 is 0 Å². The number of carbonyl (C=O) groups excluding carboxylic acids is 1. The van der Waals surface area contributed by atoms with Crippen LogP contribution in [0.25, 0.3) is 0 Å². The quantitative estimate of drug-likeness (QED) is 0.580. The van der Waals surface area contributed by atoms with Gasteiger partial charge in [-0.3, -0.25) is 4.79 Å². The van der Waals surface area contributed by atoms with Gasteiger partial charge in [0.2, 0.25) is 0 Å². The summed E-state index contributed by atoms with van der Waals surface area (Å²) in [5.41, 5.74) is 0. The number of hydrogen-bond acceptors (Lipinski definition) is 3. The van der Waals surface area contributed by atoms with Crippen molar-refractivity contribution in [2.45, 2.75) is 26.4 Å². The fourth-order valence-corrected chi connectivity index (χ4v) is 0.744. The van der Waals surface area contributed by atoms with Crippen molar-refractivity contribution in [2.75, 3.05) is 14.2 Å². The molecule has 66 valence electrons. The van der Waals surface area contributed by atoms with Crippen LogP contribution in [0.1, 0.15) is 20.3 Å². The molecule has 3 heteroatoms. The summed E-state index contributed by atoms with van der Waals surface area (Å²) in [7, 11) is 3.03. The number of ether oxygens (including phenoxy) is 2. The van der Waals surface area contributed by atoms with E-state index in [1.807, 2.05) is 13.8 Å². The number of carbonyl (C=O) groups is 1. The molecule has 11 heavy (non-hydrogen) atoms. The SMILES string of the molecule is COC(=O)C[C@@H](C)C(C)OC. The molecule has 0 aliphatic carbocycles. The van der Waals surface area contributed by atoms with Crippen molar-refractivity contribution in [2.24, 2.45) is 5.92 Å². The van der Waals surface area contributed by atoms with Crippen molar-refractivity contribution in [1.29, 1.82) is 0 Å². The van der Waals surface area contributed by atoms with Gasteiger partial charge in [-0.2, -0.15) is 0 Å². The van der Waals surface area contributed by atoms with E-state index in [2.05, 4.69) is 4.74 Å². The molecule has 0 amide bonds. The van der Waals surface area contributed by atoms with Crippen LogP contribution in [0.4, 0.5) is 0 Å². The van der Waals surface area contributed by atoms with Gasteiger partial charge < -0.3 is 9.47 Å². The summed E-state index contributed by atoms with van der Waals surface area (Å²) in [6.07, 6.45) is 0.528. The minimum Gasteiger partial charge on any atom is -0.469 e. The van der Waals surface area contributed by atoms with Crippen molar-refractivity contribution in [1.82, 2.24) is 0 Å². The van der Waals surface area contributed by atoms with Crippen LogP contribution in [0.5, 0.6) is 0 Å². The average molecular weight is 160 g/mol. The Morgan fingerprint density at radius 3 is 2.27 bits per heavy atom. The second-order valence-electron chi connectivity index (χ2n) is 2.70. The highest BCUT2D eigenvalue weighted by molar-refractivity contribution is 5.69. The summed E-state index contributed by atoms with van der Waals surface area (Å²) in [5.74, 6) is 0.0360. The molecular weight excluding hydrogens is 144 g/mol. The van der Waals surface area contributed by atoms with Gasteiger partial charge in [-0.05, 0) is 12.8 Å². The Bertz CT molecular complexity index is 123. The smallest absolute Gasteiger partial charge is 0.305 e. The first-order valence-electron chi connectivity index (χ1n) is 3.71. The van der Waals surface area contributed by atoms with Gasteiger partial charge in [0.1, 0.15) is 0 Å². The van der Waals surface area contributed by atoms with E-state index < -0.39 is 0 Å². The van der Waals surface area contributed by atoms with Crippen LogP contribution < -0.4 is 0 Å². The van der Waals surface area contributed by atoms with Gasteiger partial charge in [0.05, 0.1) is 19.6 Å². The van der Waals surface area contributed by atoms with E-state index in [-0.39, 0.29) is 18.0 Å². The zero-order chi connectivity index (χ0) is 8.85. The number of methoxy groups -OCH3 is 2. The Kier molecular flexibility index (Phi) is 4.86. The topological polar surface area (TPSA) is 35.5 Å². The Balaban J connectivity index is 3.67. The van der Waals surface area contributed by atoms with E-state index in [1.54, 1.807) is 7.11 Å². The van der Waals surface area contributed by atoms with Crippen LogP contribution in [0, 0.1) is 5.92 Å². The summed E-state index contributed by atoms with van der Waals surface area (Å²) < 4.78 is 9.57. The molecule has 0 saturated carbocycles. The highest BCUT2D eigenvalue weighted by Gasteiger charge is 2.15. The molecule has 2 atom stereocenters. The molecule has 1 unspecified atom stereocenters. The molecule has 0 aromatic heterocycles. The lowest BCUT2D eigenvalue weighted by Gasteiger charge is -2.16. The zero-order valence-corrected chi connectivity index (χ0v) is 7.59. The highest BCUT2D eigenvalue weighted by atomic mass is 16.5. The zero-order valence-electron chi connectivity index (χ0n) is 7.59. The van der Waals surface area contributed by atoms with Crippen molar-refractivity contribution in [3.63, 3.8) is 0 Å². The molecular formula is C8H16O3. The van der Waals surface area contributed by atoms with E-state index in [4.69, 9.17) is 4.74 Å². The van der Waals surface area contributed by atoms with Crippen molar-refractivity contribution in [3.05, 3.63) is 0 Å². The molecule has 0 spiro atoms. The molecule has 0 heterocycles. The van der Waals surface area contributed by atoms with Gasteiger partial charge in [-0.1, -0.05) is 6.92 Å². The first-order valence-corrected chi connectivity index (χ1v) is 3.71. The second kappa shape index (κ2) is 5.13. The monoisotopic (exact) mass is 160 g/mol.